The van der Waals surface area contributed by atoms with Gasteiger partial charge in [0, 0.05) is 0 Å². The average Bonchev–Trinajstić information content (AvgIpc) is 2.68. The van der Waals surface area contributed by atoms with Crippen molar-refractivity contribution in [2.24, 2.45) is 0 Å². The van der Waals surface area contributed by atoms with Crippen LogP contribution in [0.5, 0.6) is 0 Å². The molecule has 2 nitrogen and oxygen atoms in total. The third-order valence-electron chi connectivity index (χ3n) is 1.86. The molecule has 1 heterocycles. The summed E-state index contributed by atoms with van der Waals surface area (Å²) >= 11 is 0.370. The molecule has 0 N–H and O–H groups in total. The first kappa shape index (κ1) is 9.66. The van der Waals surface area contributed by atoms with Crippen molar-refractivity contribution >= 4 is 14.5 Å². The number of methoxy groups -OCH3 is 1. The number of ether oxygens (including phenoxy) is 1. The van der Waals surface area contributed by atoms with Crippen LogP contribution in [0.2, 0.25) is 0 Å². The van der Waals surface area contributed by atoms with Gasteiger partial charge in [0.05, 0.1) is 0 Å². The molecule has 0 unspecified atom stereocenters. The van der Waals surface area contributed by atoms with Gasteiger partial charge >= 0.3 is 89.0 Å². The van der Waals surface area contributed by atoms with Crippen LogP contribution in [0.4, 0.5) is 0 Å². The van der Waals surface area contributed by atoms with Gasteiger partial charge in [0.2, 0.25) is 0 Å². The van der Waals surface area contributed by atoms with Crippen LogP contribution in [-0.2, 0) is 11.3 Å². The molecule has 0 aliphatic rings. The molecule has 0 atom stereocenters. The fourth-order valence-corrected chi connectivity index (χ4v) is 2.94. The molecule has 1 aromatic heterocycles. The molecule has 0 saturated heterocycles. The van der Waals surface area contributed by atoms with Crippen LogP contribution in [0.15, 0.2) is 35.3 Å². The van der Waals surface area contributed by atoms with Crippen molar-refractivity contribution in [3.8, 4) is 10.1 Å². The van der Waals surface area contributed by atoms with Crippen LogP contribution in [0.1, 0.15) is 5.69 Å². The fraction of sp³-hybridized carbons (Fsp3) is 0.182. The monoisotopic (exact) mass is 253 g/mol. The minimum atomic E-state index is 0.370. The third kappa shape index (κ3) is 2.13. The van der Waals surface area contributed by atoms with Crippen molar-refractivity contribution < 1.29 is 4.74 Å². The molecular formula is C11H11NOSe. The molecule has 3 heteroatoms. The van der Waals surface area contributed by atoms with Gasteiger partial charge in [-0.05, 0) is 0 Å². The van der Waals surface area contributed by atoms with Crippen LogP contribution in [0.3, 0.4) is 0 Å². The van der Waals surface area contributed by atoms with E-state index in [-0.39, 0.29) is 0 Å². The van der Waals surface area contributed by atoms with E-state index in [2.05, 4.69) is 22.1 Å². The van der Waals surface area contributed by atoms with Crippen LogP contribution >= 0.6 is 0 Å². The van der Waals surface area contributed by atoms with Crippen molar-refractivity contribution in [1.82, 2.24) is 4.98 Å². The second-order valence-corrected chi connectivity index (χ2v) is 4.74. The molecule has 2 rings (SSSR count). The van der Waals surface area contributed by atoms with E-state index in [4.69, 9.17) is 4.74 Å². The van der Waals surface area contributed by atoms with E-state index in [1.165, 1.54) is 10.1 Å². The second-order valence-electron chi connectivity index (χ2n) is 2.94. The van der Waals surface area contributed by atoms with Gasteiger partial charge < -0.3 is 0 Å². The normalized spacial score (nSPS) is 10.4. The summed E-state index contributed by atoms with van der Waals surface area (Å²) in [4.78, 5) is 6.71. The Morgan fingerprint density at radius 2 is 2.07 bits per heavy atom. The molecule has 0 radical (unpaired) electrons. The molecule has 14 heavy (non-hydrogen) atoms. The summed E-state index contributed by atoms with van der Waals surface area (Å²) < 4.78 is 6.24. The van der Waals surface area contributed by atoms with Gasteiger partial charge in [0.15, 0.2) is 0 Å². The summed E-state index contributed by atoms with van der Waals surface area (Å²) in [5.74, 6) is 0. The number of hydrogen-bond acceptors (Lipinski definition) is 2. The van der Waals surface area contributed by atoms with Crippen molar-refractivity contribution in [3.05, 3.63) is 41.0 Å². The van der Waals surface area contributed by atoms with Crippen LogP contribution in [-0.4, -0.2) is 26.6 Å². The molecule has 2 aromatic rings. The second kappa shape index (κ2) is 4.56. The van der Waals surface area contributed by atoms with Crippen molar-refractivity contribution in [2.45, 2.75) is 6.61 Å². The molecule has 1 aromatic carbocycles. The summed E-state index contributed by atoms with van der Waals surface area (Å²) in [7, 11) is 1.70. The topological polar surface area (TPSA) is 22.1 Å². The molecule has 0 amide bonds. The van der Waals surface area contributed by atoms with E-state index in [1.54, 1.807) is 7.11 Å². The van der Waals surface area contributed by atoms with Crippen LogP contribution in [0.25, 0.3) is 10.1 Å². The van der Waals surface area contributed by atoms with Gasteiger partial charge in [-0.3, -0.25) is 0 Å². The first-order chi connectivity index (χ1) is 6.90. The number of nitrogens with zero attached hydrogens (tertiary/aromatic N) is 1. The van der Waals surface area contributed by atoms with E-state index in [9.17, 15) is 0 Å². The van der Waals surface area contributed by atoms with Gasteiger partial charge in [-0.15, -0.1) is 0 Å². The first-order valence-corrected chi connectivity index (χ1v) is 6.23. The number of rotatable bonds is 3. The Morgan fingerprint density at radius 1 is 1.29 bits per heavy atom. The maximum absolute atomic E-state index is 5.04. The SMILES string of the molecule is COCc1c[se]c(-c2ccccc2)n1. The van der Waals surface area contributed by atoms with Crippen molar-refractivity contribution in [2.75, 3.05) is 7.11 Å². The standard InChI is InChI=1S/C11H11NOSe/c1-13-7-10-8-14-11(12-10)9-5-3-2-4-6-9/h2-6,8H,7H2,1H3. The molecule has 72 valence electrons. The van der Waals surface area contributed by atoms with E-state index < -0.39 is 0 Å². The molecule has 0 saturated carbocycles. The van der Waals surface area contributed by atoms with Gasteiger partial charge in [-0.2, -0.15) is 0 Å². The fourth-order valence-electron chi connectivity index (χ4n) is 1.23. The van der Waals surface area contributed by atoms with Crippen molar-refractivity contribution in [3.63, 3.8) is 0 Å². The molecule has 0 bridgehead atoms. The predicted octanol–water partition coefficient (Wildman–Crippen LogP) is 1.95. The number of aromatic nitrogens is 1. The molecule has 0 aliphatic heterocycles. The molecular weight excluding hydrogens is 241 g/mol. The maximum atomic E-state index is 5.04. The van der Waals surface area contributed by atoms with Crippen molar-refractivity contribution in [1.29, 1.82) is 0 Å². The Bertz CT molecular complexity index is 397. The zero-order valence-corrected chi connectivity index (χ0v) is 9.65. The Labute approximate surface area is 89.3 Å². The number of benzene rings is 1. The Kier molecular flexibility index (Phi) is 3.14. The average molecular weight is 252 g/mol. The number of hydrogen-bond donors (Lipinski definition) is 0. The quantitative estimate of drug-likeness (QED) is 0.779. The molecule has 0 aliphatic carbocycles. The molecule has 0 spiro atoms. The van der Waals surface area contributed by atoms with Crippen LogP contribution in [0, 0.1) is 0 Å². The van der Waals surface area contributed by atoms with Gasteiger partial charge in [0.1, 0.15) is 0 Å². The summed E-state index contributed by atoms with van der Waals surface area (Å²) in [5.41, 5.74) is 2.29. The van der Waals surface area contributed by atoms with Gasteiger partial charge in [-0.25, -0.2) is 0 Å². The molecule has 0 fully saturated rings. The summed E-state index contributed by atoms with van der Waals surface area (Å²) in [6.45, 7) is 0.623. The zero-order chi connectivity index (χ0) is 9.80. The van der Waals surface area contributed by atoms with Crippen LogP contribution < -0.4 is 0 Å². The Hall–Kier alpha value is -0.891. The Morgan fingerprint density at radius 3 is 2.79 bits per heavy atom. The van der Waals surface area contributed by atoms with Gasteiger partial charge in [0.25, 0.3) is 0 Å². The third-order valence-corrected chi connectivity index (χ3v) is 3.84. The predicted molar refractivity (Wildman–Crippen MR) is 57.3 cm³/mol. The minimum absolute atomic E-state index is 0.370. The summed E-state index contributed by atoms with van der Waals surface area (Å²) in [6.07, 6.45) is 0. The first-order valence-electron chi connectivity index (χ1n) is 4.39. The van der Waals surface area contributed by atoms with E-state index in [1.807, 2.05) is 18.2 Å². The summed E-state index contributed by atoms with van der Waals surface area (Å²) in [5, 5.41) is 0. The van der Waals surface area contributed by atoms with E-state index >= 15 is 0 Å². The van der Waals surface area contributed by atoms with E-state index in [0.717, 1.165) is 5.69 Å². The zero-order valence-electron chi connectivity index (χ0n) is 7.93. The summed E-state index contributed by atoms with van der Waals surface area (Å²) in [6, 6.07) is 10.3. The van der Waals surface area contributed by atoms with Gasteiger partial charge in [-0.1, -0.05) is 0 Å². The van der Waals surface area contributed by atoms with E-state index in [0.29, 0.717) is 21.1 Å². The Balaban J connectivity index is 2.25.